The molecule has 0 aliphatic rings. The van der Waals surface area contributed by atoms with Crippen LogP contribution < -0.4 is 15.8 Å². The molecule has 0 aliphatic heterocycles. The summed E-state index contributed by atoms with van der Waals surface area (Å²) >= 11 is 11.7. The molecular weight excluding hydrogens is 327 g/mol. The Hall–Kier alpha value is -2.24. The molecule has 0 unspecified atom stereocenters. The molecule has 0 atom stereocenters. The number of Topliss-reactive ketones (excluding diaryl/α,β-unsaturated/α-hetero) is 1. The SMILES string of the molecule is NC(=O)Nc1ccc(C(=O)COc2ccc(Cl)c(Cl)c2)cc1. The highest BCUT2D eigenvalue weighted by molar-refractivity contribution is 6.42. The van der Waals surface area contributed by atoms with Crippen molar-refractivity contribution >= 4 is 40.7 Å². The molecule has 0 spiro atoms. The molecular formula is C15H12Cl2N2O3. The van der Waals surface area contributed by atoms with Gasteiger partial charge in [-0.2, -0.15) is 0 Å². The third kappa shape index (κ3) is 4.38. The largest absolute Gasteiger partial charge is 0.485 e. The van der Waals surface area contributed by atoms with Crippen LogP contribution >= 0.6 is 23.2 Å². The Morgan fingerprint density at radius 2 is 1.73 bits per heavy atom. The number of nitrogens with two attached hydrogens (primary N) is 1. The van der Waals surface area contributed by atoms with Crippen LogP contribution in [0.25, 0.3) is 0 Å². The molecule has 0 saturated heterocycles. The fourth-order valence-corrected chi connectivity index (χ4v) is 1.97. The van der Waals surface area contributed by atoms with Crippen LogP contribution in [0.2, 0.25) is 10.0 Å². The van der Waals surface area contributed by atoms with Gasteiger partial charge < -0.3 is 15.8 Å². The summed E-state index contributed by atoms with van der Waals surface area (Å²) in [5, 5.41) is 3.18. The summed E-state index contributed by atoms with van der Waals surface area (Å²) in [6, 6.07) is 10.4. The highest BCUT2D eigenvalue weighted by atomic mass is 35.5. The van der Waals surface area contributed by atoms with Gasteiger partial charge in [0.05, 0.1) is 10.0 Å². The van der Waals surface area contributed by atoms with Gasteiger partial charge in [-0.15, -0.1) is 0 Å². The molecule has 114 valence electrons. The Labute approximate surface area is 137 Å². The van der Waals surface area contributed by atoms with Crippen LogP contribution in [0.5, 0.6) is 5.75 Å². The van der Waals surface area contributed by atoms with Crippen LogP contribution in [0.4, 0.5) is 10.5 Å². The lowest BCUT2D eigenvalue weighted by molar-refractivity contribution is 0.0921. The molecule has 2 aromatic rings. The number of amides is 2. The number of primary amides is 1. The van der Waals surface area contributed by atoms with E-state index in [1.54, 1.807) is 36.4 Å². The zero-order valence-electron chi connectivity index (χ0n) is 11.3. The first kappa shape index (κ1) is 16.1. The molecule has 2 amide bonds. The van der Waals surface area contributed by atoms with Crippen LogP contribution in [0.15, 0.2) is 42.5 Å². The Morgan fingerprint density at radius 3 is 2.32 bits per heavy atom. The van der Waals surface area contributed by atoms with Gasteiger partial charge in [-0.1, -0.05) is 23.2 Å². The summed E-state index contributed by atoms with van der Waals surface area (Å²) in [6.07, 6.45) is 0. The zero-order valence-corrected chi connectivity index (χ0v) is 12.8. The molecule has 22 heavy (non-hydrogen) atoms. The fourth-order valence-electron chi connectivity index (χ4n) is 1.68. The summed E-state index contributed by atoms with van der Waals surface area (Å²) in [5.74, 6) is 0.242. The number of urea groups is 1. The number of benzene rings is 2. The molecule has 7 heteroatoms. The number of hydrogen-bond donors (Lipinski definition) is 2. The fraction of sp³-hybridized carbons (Fsp3) is 0.0667. The molecule has 3 N–H and O–H groups in total. The van der Waals surface area contributed by atoms with E-state index in [0.717, 1.165) is 0 Å². The Kier molecular flexibility index (Phi) is 5.25. The second-order valence-corrected chi connectivity index (χ2v) is 5.17. The predicted octanol–water partition coefficient (Wildman–Crippen LogP) is 3.75. The molecule has 2 aromatic carbocycles. The number of hydrogen-bond acceptors (Lipinski definition) is 3. The first-order valence-corrected chi connectivity index (χ1v) is 6.99. The van der Waals surface area contributed by atoms with E-state index in [-0.39, 0.29) is 12.4 Å². The Bertz CT molecular complexity index is 702. The lowest BCUT2D eigenvalue weighted by Crippen LogP contribution is -2.19. The monoisotopic (exact) mass is 338 g/mol. The number of rotatable bonds is 5. The lowest BCUT2D eigenvalue weighted by atomic mass is 10.1. The van der Waals surface area contributed by atoms with E-state index in [0.29, 0.717) is 27.0 Å². The van der Waals surface area contributed by atoms with E-state index in [4.69, 9.17) is 33.7 Å². The number of carbonyl (C=O) groups excluding carboxylic acids is 2. The molecule has 2 rings (SSSR count). The van der Waals surface area contributed by atoms with Crippen molar-refractivity contribution < 1.29 is 14.3 Å². The average Bonchev–Trinajstić information content (AvgIpc) is 2.48. The number of halogens is 2. The van der Waals surface area contributed by atoms with Gasteiger partial charge in [0.1, 0.15) is 5.75 Å². The second kappa shape index (κ2) is 7.15. The van der Waals surface area contributed by atoms with Crippen molar-refractivity contribution in [3.8, 4) is 5.75 Å². The van der Waals surface area contributed by atoms with Gasteiger partial charge in [0.15, 0.2) is 12.4 Å². The molecule has 0 radical (unpaired) electrons. The zero-order chi connectivity index (χ0) is 16.1. The van der Waals surface area contributed by atoms with Crippen LogP contribution in [-0.4, -0.2) is 18.4 Å². The minimum absolute atomic E-state index is 0.138. The number of anilines is 1. The minimum atomic E-state index is -0.665. The molecule has 0 aromatic heterocycles. The first-order valence-electron chi connectivity index (χ1n) is 6.23. The molecule has 0 bridgehead atoms. The lowest BCUT2D eigenvalue weighted by Gasteiger charge is -2.07. The van der Waals surface area contributed by atoms with E-state index in [9.17, 15) is 9.59 Å². The van der Waals surface area contributed by atoms with Crippen molar-refractivity contribution in [1.29, 1.82) is 0 Å². The van der Waals surface area contributed by atoms with Crippen molar-refractivity contribution in [1.82, 2.24) is 0 Å². The summed E-state index contributed by atoms with van der Waals surface area (Å²) in [4.78, 5) is 22.7. The van der Waals surface area contributed by atoms with Crippen LogP contribution in [0, 0.1) is 0 Å². The summed E-state index contributed by atoms with van der Waals surface area (Å²) in [5.41, 5.74) is 5.96. The topological polar surface area (TPSA) is 81.4 Å². The van der Waals surface area contributed by atoms with Crippen molar-refractivity contribution in [3.63, 3.8) is 0 Å². The van der Waals surface area contributed by atoms with Gasteiger partial charge >= 0.3 is 6.03 Å². The van der Waals surface area contributed by atoms with Gasteiger partial charge in [0.2, 0.25) is 0 Å². The van der Waals surface area contributed by atoms with E-state index in [2.05, 4.69) is 5.32 Å². The molecule has 0 saturated carbocycles. The van der Waals surface area contributed by atoms with Crippen LogP contribution in [0.3, 0.4) is 0 Å². The van der Waals surface area contributed by atoms with Gasteiger partial charge in [0, 0.05) is 17.3 Å². The predicted molar refractivity (Wildman–Crippen MR) is 85.9 cm³/mol. The smallest absolute Gasteiger partial charge is 0.316 e. The third-order valence-electron chi connectivity index (χ3n) is 2.74. The van der Waals surface area contributed by atoms with E-state index < -0.39 is 6.03 Å². The Balaban J connectivity index is 1.96. The third-order valence-corrected chi connectivity index (χ3v) is 3.47. The number of ether oxygens (including phenoxy) is 1. The quantitative estimate of drug-likeness (QED) is 0.814. The van der Waals surface area contributed by atoms with Gasteiger partial charge in [-0.3, -0.25) is 4.79 Å². The maximum atomic E-state index is 12.0. The van der Waals surface area contributed by atoms with E-state index >= 15 is 0 Å². The summed E-state index contributed by atoms with van der Waals surface area (Å²) in [7, 11) is 0. The van der Waals surface area contributed by atoms with Crippen LogP contribution in [-0.2, 0) is 0 Å². The Morgan fingerprint density at radius 1 is 1.05 bits per heavy atom. The standard InChI is InChI=1S/C15H12Cl2N2O3/c16-12-6-5-11(7-13(12)17)22-8-14(20)9-1-3-10(4-2-9)19-15(18)21/h1-7H,8H2,(H3,18,19,21). The molecule has 0 aliphatic carbocycles. The van der Waals surface area contributed by atoms with E-state index in [1.807, 2.05) is 0 Å². The van der Waals surface area contributed by atoms with Crippen molar-refractivity contribution in [2.75, 3.05) is 11.9 Å². The summed E-state index contributed by atoms with van der Waals surface area (Å²) in [6.45, 7) is -0.138. The number of carbonyl (C=O) groups is 2. The molecule has 0 fully saturated rings. The van der Waals surface area contributed by atoms with Gasteiger partial charge in [-0.05, 0) is 36.4 Å². The normalized spacial score (nSPS) is 10.1. The molecule has 5 nitrogen and oxygen atoms in total. The van der Waals surface area contributed by atoms with Crippen molar-refractivity contribution in [2.24, 2.45) is 5.73 Å². The number of ketones is 1. The van der Waals surface area contributed by atoms with Crippen LogP contribution in [0.1, 0.15) is 10.4 Å². The van der Waals surface area contributed by atoms with Crippen molar-refractivity contribution in [3.05, 3.63) is 58.1 Å². The van der Waals surface area contributed by atoms with Gasteiger partial charge in [0.25, 0.3) is 0 Å². The average molecular weight is 339 g/mol. The highest BCUT2D eigenvalue weighted by Gasteiger charge is 2.08. The highest BCUT2D eigenvalue weighted by Crippen LogP contribution is 2.26. The van der Waals surface area contributed by atoms with Gasteiger partial charge in [-0.25, -0.2) is 4.79 Å². The van der Waals surface area contributed by atoms with Crippen molar-refractivity contribution in [2.45, 2.75) is 0 Å². The molecule has 0 heterocycles. The van der Waals surface area contributed by atoms with E-state index in [1.165, 1.54) is 6.07 Å². The maximum absolute atomic E-state index is 12.0. The summed E-state index contributed by atoms with van der Waals surface area (Å²) < 4.78 is 5.37. The maximum Gasteiger partial charge on any atom is 0.316 e. The first-order chi connectivity index (χ1) is 10.5. The second-order valence-electron chi connectivity index (χ2n) is 4.35. The number of nitrogens with one attached hydrogen (secondary N) is 1. The minimum Gasteiger partial charge on any atom is -0.485 e.